The second-order valence-electron chi connectivity index (χ2n) is 4.45. The Labute approximate surface area is 150 Å². The van der Waals surface area contributed by atoms with Gasteiger partial charge in [-0.15, -0.1) is 21.5 Å². The number of carbonyl (C=O) groups is 1. The summed E-state index contributed by atoms with van der Waals surface area (Å²) in [6.07, 6.45) is 0. The van der Waals surface area contributed by atoms with Gasteiger partial charge in [-0.25, -0.2) is 4.98 Å². The Kier molecular flexibility index (Phi) is 5.27. The normalized spacial score (nSPS) is 10.7. The van der Waals surface area contributed by atoms with Crippen molar-refractivity contribution in [2.45, 2.75) is 17.0 Å². The molecule has 0 aliphatic rings. The molecule has 0 spiro atoms. The molecule has 5 nitrogen and oxygen atoms in total. The fourth-order valence-electron chi connectivity index (χ4n) is 1.87. The fraction of sp³-hybridized carbons (Fsp3) is 0.143. The Bertz CT molecular complexity index is 806. The third-order valence-corrected chi connectivity index (χ3v) is 5.80. The van der Waals surface area contributed by atoms with Crippen molar-refractivity contribution in [2.75, 3.05) is 4.90 Å². The highest BCUT2D eigenvalue weighted by Gasteiger charge is 2.18. The number of thiazole rings is 1. The average Bonchev–Trinajstić information content (AvgIpc) is 3.16. The fourth-order valence-corrected chi connectivity index (χ4v) is 4.43. The van der Waals surface area contributed by atoms with Crippen LogP contribution in [0.15, 0.2) is 39.5 Å². The first-order chi connectivity index (χ1) is 11.1. The first-order valence-corrected chi connectivity index (χ1v) is 9.65. The number of hydrogen-bond acceptors (Lipinski definition) is 7. The van der Waals surface area contributed by atoms with Crippen molar-refractivity contribution >= 4 is 62.8 Å². The van der Waals surface area contributed by atoms with Gasteiger partial charge in [-0.3, -0.25) is 9.69 Å². The van der Waals surface area contributed by atoms with Crippen molar-refractivity contribution in [2.24, 2.45) is 0 Å². The predicted octanol–water partition coefficient (Wildman–Crippen LogP) is 4.62. The molecule has 0 radical (unpaired) electrons. The summed E-state index contributed by atoms with van der Waals surface area (Å²) in [4.78, 5) is 18.2. The smallest absolute Gasteiger partial charge is 0.230 e. The number of benzene rings is 1. The van der Waals surface area contributed by atoms with Gasteiger partial charge in [0.2, 0.25) is 5.91 Å². The topological polar surface area (TPSA) is 59.0 Å². The molecule has 0 fully saturated rings. The van der Waals surface area contributed by atoms with Crippen LogP contribution in [0, 0.1) is 0 Å². The van der Waals surface area contributed by atoms with Crippen LogP contribution in [0.2, 0.25) is 5.02 Å². The van der Waals surface area contributed by atoms with Crippen molar-refractivity contribution in [3.63, 3.8) is 0 Å². The molecule has 3 rings (SSSR count). The van der Waals surface area contributed by atoms with Gasteiger partial charge < -0.3 is 0 Å². The van der Waals surface area contributed by atoms with Crippen LogP contribution in [0.4, 0.5) is 10.8 Å². The van der Waals surface area contributed by atoms with Crippen LogP contribution in [0.25, 0.3) is 0 Å². The Hall–Kier alpha value is -1.48. The quantitative estimate of drug-likeness (QED) is 0.602. The van der Waals surface area contributed by atoms with Crippen molar-refractivity contribution in [1.82, 2.24) is 15.2 Å². The van der Waals surface area contributed by atoms with Crippen LogP contribution in [-0.2, 0) is 10.5 Å². The lowest BCUT2D eigenvalue weighted by atomic mass is 10.3. The first-order valence-electron chi connectivity index (χ1n) is 6.53. The molecule has 23 heavy (non-hydrogen) atoms. The van der Waals surface area contributed by atoms with Gasteiger partial charge in [-0.1, -0.05) is 40.8 Å². The maximum Gasteiger partial charge on any atom is 0.230 e. The van der Waals surface area contributed by atoms with Gasteiger partial charge in [-0.2, -0.15) is 0 Å². The van der Waals surface area contributed by atoms with E-state index in [4.69, 9.17) is 11.6 Å². The van der Waals surface area contributed by atoms with E-state index in [0.29, 0.717) is 21.6 Å². The zero-order valence-corrected chi connectivity index (χ0v) is 15.2. The van der Waals surface area contributed by atoms with E-state index >= 15 is 0 Å². The highest BCUT2D eigenvalue weighted by atomic mass is 35.5. The Morgan fingerprint density at radius 2 is 2.26 bits per heavy atom. The minimum atomic E-state index is -0.107. The predicted molar refractivity (Wildman–Crippen MR) is 95.9 cm³/mol. The summed E-state index contributed by atoms with van der Waals surface area (Å²) in [7, 11) is 0. The van der Waals surface area contributed by atoms with E-state index in [0.717, 1.165) is 10.0 Å². The SMILES string of the molecule is CC(=O)N(c1cccc(Cl)c1)c1nc(CSc2nncs2)cs1. The number of nitrogens with zero attached hydrogens (tertiary/aromatic N) is 4. The van der Waals surface area contributed by atoms with Crippen molar-refractivity contribution in [3.8, 4) is 0 Å². The maximum atomic E-state index is 12.0. The number of thioether (sulfide) groups is 1. The molecule has 0 saturated carbocycles. The van der Waals surface area contributed by atoms with E-state index in [1.165, 1.54) is 29.6 Å². The van der Waals surface area contributed by atoms with Crippen LogP contribution in [0.3, 0.4) is 0 Å². The van der Waals surface area contributed by atoms with Crippen molar-refractivity contribution in [1.29, 1.82) is 0 Å². The molecule has 118 valence electrons. The van der Waals surface area contributed by atoms with Crippen molar-refractivity contribution < 1.29 is 4.79 Å². The van der Waals surface area contributed by atoms with Crippen LogP contribution in [0.1, 0.15) is 12.6 Å². The lowest BCUT2D eigenvalue weighted by Gasteiger charge is -2.18. The van der Waals surface area contributed by atoms with E-state index in [2.05, 4.69) is 15.2 Å². The minimum Gasteiger partial charge on any atom is -0.274 e. The third-order valence-electron chi connectivity index (χ3n) is 2.80. The molecule has 0 atom stereocenters. The molecular formula is C14H11ClN4OS3. The summed E-state index contributed by atoms with van der Waals surface area (Å²) in [5.74, 6) is 0.581. The van der Waals surface area contributed by atoms with E-state index < -0.39 is 0 Å². The van der Waals surface area contributed by atoms with Gasteiger partial charge in [0.1, 0.15) is 5.51 Å². The number of amides is 1. The molecule has 3 aromatic rings. The Morgan fingerprint density at radius 1 is 1.39 bits per heavy atom. The van der Waals surface area contributed by atoms with E-state index in [-0.39, 0.29) is 5.91 Å². The van der Waals surface area contributed by atoms with Gasteiger partial charge in [0, 0.05) is 23.1 Å². The number of carbonyl (C=O) groups excluding carboxylic acids is 1. The number of aromatic nitrogens is 3. The summed E-state index contributed by atoms with van der Waals surface area (Å²) in [5.41, 5.74) is 3.31. The molecule has 1 amide bonds. The molecule has 0 N–H and O–H groups in total. The van der Waals surface area contributed by atoms with Crippen LogP contribution < -0.4 is 4.90 Å². The zero-order chi connectivity index (χ0) is 16.2. The summed E-state index contributed by atoms with van der Waals surface area (Å²) >= 11 is 10.5. The van der Waals surface area contributed by atoms with E-state index in [9.17, 15) is 4.79 Å². The number of hydrogen-bond donors (Lipinski definition) is 0. The Balaban J connectivity index is 1.79. The molecule has 9 heteroatoms. The minimum absolute atomic E-state index is 0.107. The average molecular weight is 383 g/mol. The van der Waals surface area contributed by atoms with Crippen LogP contribution >= 0.6 is 46.0 Å². The zero-order valence-electron chi connectivity index (χ0n) is 12.0. The maximum absolute atomic E-state index is 12.0. The summed E-state index contributed by atoms with van der Waals surface area (Å²) in [6, 6.07) is 7.17. The molecule has 0 aliphatic heterocycles. The lowest BCUT2D eigenvalue weighted by Crippen LogP contribution is -2.22. The van der Waals surface area contributed by atoms with Gasteiger partial charge in [0.15, 0.2) is 9.47 Å². The standard InChI is InChI=1S/C14H11ClN4OS3/c1-9(20)19(12-4-2-3-10(15)5-12)13-17-11(6-21-13)7-22-14-18-16-8-23-14/h2-6,8H,7H2,1H3. The molecular weight excluding hydrogens is 372 g/mol. The lowest BCUT2D eigenvalue weighted by molar-refractivity contribution is -0.115. The largest absolute Gasteiger partial charge is 0.274 e. The molecule has 0 aliphatic carbocycles. The highest BCUT2D eigenvalue weighted by Crippen LogP contribution is 2.32. The molecule has 1 aromatic carbocycles. The Morgan fingerprint density at radius 3 is 2.96 bits per heavy atom. The summed E-state index contributed by atoms with van der Waals surface area (Å²) in [6.45, 7) is 1.51. The van der Waals surface area contributed by atoms with Crippen LogP contribution in [-0.4, -0.2) is 21.1 Å². The second kappa shape index (κ2) is 7.39. The second-order valence-corrected chi connectivity index (χ2v) is 7.78. The monoisotopic (exact) mass is 382 g/mol. The van der Waals surface area contributed by atoms with Gasteiger partial charge in [0.05, 0.1) is 11.4 Å². The van der Waals surface area contributed by atoms with Crippen molar-refractivity contribution in [3.05, 3.63) is 45.9 Å². The molecule has 0 unspecified atom stereocenters. The van der Waals surface area contributed by atoms with Gasteiger partial charge >= 0.3 is 0 Å². The molecule has 0 saturated heterocycles. The molecule has 2 heterocycles. The first kappa shape index (κ1) is 16.4. The number of rotatable bonds is 5. The highest BCUT2D eigenvalue weighted by molar-refractivity contribution is 8.00. The molecule has 2 aromatic heterocycles. The number of halogens is 1. The third kappa shape index (κ3) is 4.08. The summed E-state index contributed by atoms with van der Waals surface area (Å²) in [5, 5.41) is 11.0. The van der Waals surface area contributed by atoms with Gasteiger partial charge in [0.25, 0.3) is 0 Å². The van der Waals surface area contributed by atoms with Gasteiger partial charge in [-0.05, 0) is 18.2 Å². The van der Waals surface area contributed by atoms with Crippen LogP contribution in [0.5, 0.6) is 0 Å². The van der Waals surface area contributed by atoms with E-state index in [1.54, 1.807) is 34.3 Å². The summed E-state index contributed by atoms with van der Waals surface area (Å²) < 4.78 is 0.901. The van der Waals surface area contributed by atoms with E-state index in [1.807, 2.05) is 17.5 Å². The number of anilines is 2. The molecule has 0 bridgehead atoms.